The summed E-state index contributed by atoms with van der Waals surface area (Å²) in [6, 6.07) is 5.81. The Kier molecular flexibility index (Phi) is 3.94. The zero-order chi connectivity index (χ0) is 19.3. The summed E-state index contributed by atoms with van der Waals surface area (Å²) in [4.78, 5) is 22.1. The van der Waals surface area contributed by atoms with Crippen molar-refractivity contribution in [3.05, 3.63) is 52.2 Å². The molecule has 0 aliphatic carbocycles. The smallest absolute Gasteiger partial charge is 0.276 e. The number of hydrogen-bond donors (Lipinski definition) is 1. The molecule has 0 spiro atoms. The van der Waals surface area contributed by atoms with E-state index < -0.39 is 0 Å². The summed E-state index contributed by atoms with van der Waals surface area (Å²) in [7, 11) is 0. The Morgan fingerprint density at radius 1 is 1.11 bits per heavy atom. The number of rotatable bonds is 2. The fourth-order valence-electron chi connectivity index (χ4n) is 3.87. The summed E-state index contributed by atoms with van der Waals surface area (Å²) < 4.78 is 3.40. The summed E-state index contributed by atoms with van der Waals surface area (Å²) in [5.41, 5.74) is 4.76. The number of imidazole rings is 1. The minimum atomic E-state index is -0.0757. The number of nitrogens with one attached hydrogen (secondary N) is 1. The van der Waals surface area contributed by atoms with E-state index in [4.69, 9.17) is 0 Å². The monoisotopic (exact) mass is 375 g/mol. The van der Waals surface area contributed by atoms with Crippen molar-refractivity contribution in [3.8, 4) is 11.4 Å². The van der Waals surface area contributed by atoms with Crippen LogP contribution in [0.3, 0.4) is 0 Å². The summed E-state index contributed by atoms with van der Waals surface area (Å²) >= 11 is 0. The molecule has 28 heavy (non-hydrogen) atoms. The molecule has 1 saturated heterocycles. The van der Waals surface area contributed by atoms with Crippen molar-refractivity contribution in [1.29, 1.82) is 0 Å². The minimum absolute atomic E-state index is 0.0757. The van der Waals surface area contributed by atoms with Gasteiger partial charge in [-0.2, -0.15) is 10.2 Å². The first-order chi connectivity index (χ1) is 13.6. The van der Waals surface area contributed by atoms with Crippen molar-refractivity contribution >= 4 is 16.6 Å². The lowest BCUT2D eigenvalue weighted by atomic mass is 10.1. The van der Waals surface area contributed by atoms with E-state index in [1.807, 2.05) is 38.2 Å². The molecule has 8 nitrogen and oxygen atoms in total. The van der Waals surface area contributed by atoms with Crippen LogP contribution in [0.25, 0.3) is 27.9 Å². The molecule has 0 amide bonds. The third-order valence-corrected chi connectivity index (χ3v) is 5.31. The second-order valence-corrected chi connectivity index (χ2v) is 7.37. The van der Waals surface area contributed by atoms with Crippen molar-refractivity contribution in [1.82, 2.24) is 34.7 Å². The van der Waals surface area contributed by atoms with Gasteiger partial charge in [0.15, 0.2) is 5.65 Å². The molecular formula is C20H21N7O. The first-order valence-corrected chi connectivity index (χ1v) is 9.53. The summed E-state index contributed by atoms with van der Waals surface area (Å²) in [6.07, 6.45) is 5.41. The van der Waals surface area contributed by atoms with Crippen LogP contribution in [0, 0.1) is 13.8 Å². The fraction of sp³-hybridized carbons (Fsp3) is 0.350. The number of piperidine rings is 1. The molecule has 0 saturated carbocycles. The van der Waals surface area contributed by atoms with Crippen LogP contribution in [0.2, 0.25) is 0 Å². The van der Waals surface area contributed by atoms with Gasteiger partial charge in [0.2, 0.25) is 0 Å². The average molecular weight is 375 g/mol. The van der Waals surface area contributed by atoms with E-state index in [9.17, 15) is 4.79 Å². The molecule has 0 atom stereocenters. The van der Waals surface area contributed by atoms with Crippen LogP contribution < -0.4 is 10.9 Å². The number of nitrogens with zero attached hydrogens (tertiary/aromatic N) is 6. The maximum absolute atomic E-state index is 12.9. The summed E-state index contributed by atoms with van der Waals surface area (Å²) in [5, 5.41) is 13.0. The molecule has 4 aromatic rings. The van der Waals surface area contributed by atoms with Gasteiger partial charge < -0.3 is 5.32 Å². The Morgan fingerprint density at radius 3 is 2.75 bits per heavy atom. The van der Waals surface area contributed by atoms with Crippen LogP contribution in [0.15, 0.2) is 35.4 Å². The molecular weight excluding hydrogens is 354 g/mol. The maximum atomic E-state index is 12.9. The standard InChI is InChI=1S/C20H21N7O/c1-12-9-17(25-26-11-13(2)23-19(12)26)16-4-3-15-18(24-16)10-22-27(20(15)28)14-5-7-21-8-6-14/h3-4,9-11,14,21H,5-8H2,1-2H3. The number of aryl methyl sites for hydroxylation is 2. The minimum Gasteiger partial charge on any atom is -0.317 e. The lowest BCUT2D eigenvalue weighted by Crippen LogP contribution is -2.35. The topological polar surface area (TPSA) is 90.0 Å². The largest absolute Gasteiger partial charge is 0.317 e. The van der Waals surface area contributed by atoms with Gasteiger partial charge in [-0.3, -0.25) is 4.79 Å². The van der Waals surface area contributed by atoms with Gasteiger partial charge in [-0.1, -0.05) is 0 Å². The van der Waals surface area contributed by atoms with Crippen LogP contribution in [0.5, 0.6) is 0 Å². The van der Waals surface area contributed by atoms with Gasteiger partial charge in [-0.15, -0.1) is 0 Å². The van der Waals surface area contributed by atoms with Crippen molar-refractivity contribution in [2.45, 2.75) is 32.7 Å². The highest BCUT2D eigenvalue weighted by atomic mass is 16.1. The van der Waals surface area contributed by atoms with Gasteiger partial charge in [-0.05, 0) is 63.5 Å². The molecule has 5 heterocycles. The summed E-state index contributed by atoms with van der Waals surface area (Å²) in [6.45, 7) is 5.78. The zero-order valence-electron chi connectivity index (χ0n) is 15.9. The average Bonchev–Trinajstić information content (AvgIpc) is 3.09. The zero-order valence-corrected chi connectivity index (χ0v) is 15.9. The number of fused-ring (bicyclic) bond motifs is 2. The van der Waals surface area contributed by atoms with Gasteiger partial charge in [0.25, 0.3) is 5.56 Å². The Hall–Kier alpha value is -3.13. The highest BCUT2D eigenvalue weighted by Crippen LogP contribution is 2.21. The molecule has 1 aliphatic rings. The van der Waals surface area contributed by atoms with Crippen LogP contribution in [-0.2, 0) is 0 Å². The van der Waals surface area contributed by atoms with Gasteiger partial charge >= 0.3 is 0 Å². The van der Waals surface area contributed by atoms with Crippen molar-refractivity contribution in [2.24, 2.45) is 0 Å². The highest BCUT2D eigenvalue weighted by Gasteiger charge is 2.19. The van der Waals surface area contributed by atoms with E-state index >= 15 is 0 Å². The Labute approximate surface area is 161 Å². The molecule has 0 bridgehead atoms. The van der Waals surface area contributed by atoms with Crippen molar-refractivity contribution in [2.75, 3.05) is 13.1 Å². The first-order valence-electron chi connectivity index (χ1n) is 9.53. The predicted octanol–water partition coefficient (Wildman–Crippen LogP) is 2.04. The normalized spacial score (nSPS) is 15.5. The van der Waals surface area contributed by atoms with E-state index in [0.717, 1.165) is 48.5 Å². The Morgan fingerprint density at radius 2 is 1.93 bits per heavy atom. The van der Waals surface area contributed by atoms with Crippen LogP contribution in [0.4, 0.5) is 0 Å². The van der Waals surface area contributed by atoms with Crippen molar-refractivity contribution < 1.29 is 0 Å². The van der Waals surface area contributed by atoms with E-state index in [1.54, 1.807) is 15.4 Å². The van der Waals surface area contributed by atoms with E-state index in [-0.39, 0.29) is 11.6 Å². The SMILES string of the molecule is Cc1cn2nc(-c3ccc4c(=O)n(C5CCNCC5)ncc4n3)cc(C)c2n1. The maximum Gasteiger partial charge on any atom is 0.276 e. The van der Waals surface area contributed by atoms with Crippen LogP contribution >= 0.6 is 0 Å². The molecule has 0 aromatic carbocycles. The van der Waals surface area contributed by atoms with Gasteiger partial charge in [-0.25, -0.2) is 19.2 Å². The van der Waals surface area contributed by atoms with Crippen LogP contribution in [-0.4, -0.2) is 42.5 Å². The quantitative estimate of drug-likeness (QED) is 0.577. The van der Waals surface area contributed by atoms with Gasteiger partial charge in [0, 0.05) is 0 Å². The predicted molar refractivity (Wildman–Crippen MR) is 106 cm³/mol. The molecule has 1 N–H and O–H groups in total. The second-order valence-electron chi connectivity index (χ2n) is 7.37. The highest BCUT2D eigenvalue weighted by molar-refractivity contribution is 5.79. The number of aromatic nitrogens is 6. The number of pyridine rings is 1. The molecule has 8 heteroatoms. The van der Waals surface area contributed by atoms with Gasteiger partial charge in [0.05, 0.1) is 40.7 Å². The molecule has 4 aromatic heterocycles. The third-order valence-electron chi connectivity index (χ3n) is 5.31. The van der Waals surface area contributed by atoms with Crippen LogP contribution in [0.1, 0.15) is 30.1 Å². The van der Waals surface area contributed by atoms with Crippen molar-refractivity contribution in [3.63, 3.8) is 0 Å². The van der Waals surface area contributed by atoms with E-state index in [2.05, 4.69) is 25.5 Å². The van der Waals surface area contributed by atoms with E-state index in [0.29, 0.717) is 16.6 Å². The Balaban J connectivity index is 1.59. The van der Waals surface area contributed by atoms with E-state index in [1.165, 1.54) is 0 Å². The second kappa shape index (κ2) is 6.49. The Bertz CT molecular complexity index is 1250. The number of hydrogen-bond acceptors (Lipinski definition) is 6. The van der Waals surface area contributed by atoms with Gasteiger partial charge in [0.1, 0.15) is 5.69 Å². The molecule has 0 radical (unpaired) electrons. The molecule has 142 valence electrons. The summed E-state index contributed by atoms with van der Waals surface area (Å²) in [5.74, 6) is 0. The lowest BCUT2D eigenvalue weighted by molar-refractivity contribution is 0.333. The third kappa shape index (κ3) is 2.77. The molecule has 1 aliphatic heterocycles. The molecule has 0 unspecified atom stereocenters. The lowest BCUT2D eigenvalue weighted by Gasteiger charge is -2.23. The molecule has 5 rings (SSSR count). The fourth-order valence-corrected chi connectivity index (χ4v) is 3.87. The first kappa shape index (κ1) is 17.0. The molecule has 1 fully saturated rings.